The van der Waals surface area contributed by atoms with Gasteiger partial charge in [-0.1, -0.05) is 12.1 Å². The molecule has 1 unspecified atom stereocenters. The molecule has 4 rings (SSSR count). The Kier molecular flexibility index (Phi) is 6.50. The maximum atomic E-state index is 13.2. The van der Waals surface area contributed by atoms with E-state index >= 15 is 0 Å². The summed E-state index contributed by atoms with van der Waals surface area (Å²) in [4.78, 5) is 32.6. The number of methoxy groups -OCH3 is 3. The zero-order valence-electron chi connectivity index (χ0n) is 18.8. The van der Waals surface area contributed by atoms with Crippen molar-refractivity contribution >= 4 is 16.9 Å². The number of aromatic carboxylic acids is 1. The van der Waals surface area contributed by atoms with E-state index in [1.54, 1.807) is 24.3 Å². The smallest absolute Gasteiger partial charge is 0.335 e. The molecule has 1 aromatic heterocycles. The predicted octanol–water partition coefficient (Wildman–Crippen LogP) is 2.78. The topological polar surface area (TPSA) is 123 Å². The maximum absolute atomic E-state index is 13.2. The number of H-pyrrole nitrogens is 1. The highest BCUT2D eigenvalue weighted by molar-refractivity contribution is 5.90. The fraction of sp³-hybridized carbons (Fsp3) is 0.375. The van der Waals surface area contributed by atoms with Gasteiger partial charge in [0.15, 0.2) is 11.5 Å². The van der Waals surface area contributed by atoms with Gasteiger partial charge in [-0.3, -0.25) is 4.79 Å². The maximum Gasteiger partial charge on any atom is 0.335 e. The van der Waals surface area contributed by atoms with E-state index in [0.29, 0.717) is 22.8 Å². The Labute approximate surface area is 190 Å². The van der Waals surface area contributed by atoms with Gasteiger partial charge in [-0.05, 0) is 49.5 Å². The number of aromatic nitrogens is 2. The summed E-state index contributed by atoms with van der Waals surface area (Å²) in [6, 6.07) is 8.52. The van der Waals surface area contributed by atoms with Crippen LogP contribution in [0.5, 0.6) is 17.2 Å². The molecule has 0 radical (unpaired) electrons. The van der Waals surface area contributed by atoms with Crippen molar-refractivity contribution in [2.75, 3.05) is 34.4 Å². The van der Waals surface area contributed by atoms with E-state index in [9.17, 15) is 14.7 Å². The Morgan fingerprint density at radius 2 is 1.82 bits per heavy atom. The molecule has 3 N–H and O–H groups in total. The molecular weight excluding hydrogens is 426 g/mol. The minimum atomic E-state index is -0.998. The molecule has 9 heteroatoms. The van der Waals surface area contributed by atoms with Crippen LogP contribution in [-0.2, 0) is 0 Å². The second-order valence-electron chi connectivity index (χ2n) is 7.99. The summed E-state index contributed by atoms with van der Waals surface area (Å²) in [5.74, 6) is 0.371. The number of fused-ring (bicyclic) bond motifs is 1. The largest absolute Gasteiger partial charge is 0.493 e. The van der Waals surface area contributed by atoms with Crippen molar-refractivity contribution in [1.29, 1.82) is 0 Å². The quantitative estimate of drug-likeness (QED) is 0.499. The minimum absolute atomic E-state index is 0.179. The lowest BCUT2D eigenvalue weighted by Crippen LogP contribution is -2.32. The van der Waals surface area contributed by atoms with E-state index < -0.39 is 11.5 Å². The third kappa shape index (κ3) is 4.23. The lowest BCUT2D eigenvalue weighted by Gasteiger charge is -2.31. The molecule has 9 nitrogen and oxygen atoms in total. The summed E-state index contributed by atoms with van der Waals surface area (Å²) >= 11 is 0. The van der Waals surface area contributed by atoms with Crippen LogP contribution in [-0.4, -0.2) is 55.5 Å². The number of nitrogens with zero attached hydrogens (tertiary/aromatic N) is 1. The number of benzene rings is 2. The predicted molar refractivity (Wildman–Crippen MR) is 123 cm³/mol. The van der Waals surface area contributed by atoms with Crippen molar-refractivity contribution in [2.45, 2.75) is 18.8 Å². The normalized spacial score (nSPS) is 15.2. The first-order valence-electron chi connectivity index (χ1n) is 10.7. The van der Waals surface area contributed by atoms with E-state index in [2.05, 4.69) is 15.3 Å². The lowest BCUT2D eigenvalue weighted by atomic mass is 9.79. The molecule has 2 aromatic carbocycles. The van der Waals surface area contributed by atoms with Gasteiger partial charge in [0.2, 0.25) is 5.75 Å². The van der Waals surface area contributed by atoms with Crippen molar-refractivity contribution in [2.24, 2.45) is 5.92 Å². The monoisotopic (exact) mass is 453 g/mol. The summed E-state index contributed by atoms with van der Waals surface area (Å²) in [6.07, 6.45) is 1.75. The SMILES string of the molecule is COc1cc2[nH]c(C(c3cccc(C(=O)O)c3)C3CCNCC3)nc(=O)c2c(OC)c1OC. The van der Waals surface area contributed by atoms with Gasteiger partial charge in [0, 0.05) is 12.0 Å². The Morgan fingerprint density at radius 1 is 1.09 bits per heavy atom. The number of carbonyl (C=O) groups is 1. The molecule has 3 aromatic rings. The Balaban J connectivity index is 1.94. The molecule has 2 heterocycles. The highest BCUT2D eigenvalue weighted by atomic mass is 16.5. The first-order valence-corrected chi connectivity index (χ1v) is 10.7. The number of piperidine rings is 1. The number of rotatable bonds is 7. The van der Waals surface area contributed by atoms with Gasteiger partial charge in [-0.15, -0.1) is 0 Å². The first kappa shape index (κ1) is 22.6. The van der Waals surface area contributed by atoms with Crippen LogP contribution in [0.3, 0.4) is 0 Å². The number of ether oxygens (including phenoxy) is 3. The van der Waals surface area contributed by atoms with Gasteiger partial charge >= 0.3 is 5.97 Å². The fourth-order valence-electron chi connectivity index (χ4n) is 4.64. The van der Waals surface area contributed by atoms with Gasteiger partial charge in [0.05, 0.1) is 32.4 Å². The van der Waals surface area contributed by atoms with Crippen LogP contribution in [0.1, 0.15) is 40.5 Å². The molecule has 33 heavy (non-hydrogen) atoms. The number of carboxylic acids is 1. The van der Waals surface area contributed by atoms with Crippen molar-refractivity contribution < 1.29 is 24.1 Å². The molecular formula is C24H27N3O6. The second-order valence-corrected chi connectivity index (χ2v) is 7.99. The van der Waals surface area contributed by atoms with Crippen LogP contribution in [0.4, 0.5) is 0 Å². The molecule has 174 valence electrons. The third-order valence-corrected chi connectivity index (χ3v) is 6.17. The van der Waals surface area contributed by atoms with Crippen molar-refractivity contribution in [3.8, 4) is 17.2 Å². The van der Waals surface area contributed by atoms with Crippen LogP contribution in [0.2, 0.25) is 0 Å². The van der Waals surface area contributed by atoms with Crippen LogP contribution >= 0.6 is 0 Å². The standard InChI is InChI=1S/C24H27N3O6/c1-31-17-12-16-19(21(33-3)20(17)32-2)23(28)27-22(26-16)18(13-7-9-25-10-8-13)14-5-4-6-15(11-14)24(29)30/h4-6,11-13,18,25H,7-10H2,1-3H3,(H,29,30)(H,26,27,28). The van der Waals surface area contributed by atoms with E-state index in [1.807, 2.05) is 6.07 Å². The number of hydrogen-bond donors (Lipinski definition) is 3. The molecule has 1 fully saturated rings. The Morgan fingerprint density at radius 3 is 2.45 bits per heavy atom. The van der Waals surface area contributed by atoms with Crippen molar-refractivity contribution in [3.05, 3.63) is 57.6 Å². The van der Waals surface area contributed by atoms with Crippen molar-refractivity contribution in [3.63, 3.8) is 0 Å². The second kappa shape index (κ2) is 9.50. The van der Waals surface area contributed by atoms with Gasteiger partial charge in [0.1, 0.15) is 11.2 Å². The molecule has 0 spiro atoms. The van der Waals surface area contributed by atoms with Gasteiger partial charge in [-0.2, -0.15) is 4.98 Å². The summed E-state index contributed by atoms with van der Waals surface area (Å²) < 4.78 is 16.3. The van der Waals surface area contributed by atoms with E-state index in [1.165, 1.54) is 21.3 Å². The fourth-order valence-corrected chi connectivity index (χ4v) is 4.64. The molecule has 0 amide bonds. The number of nitrogens with one attached hydrogen (secondary N) is 2. The van der Waals surface area contributed by atoms with Crippen LogP contribution in [0, 0.1) is 5.92 Å². The summed E-state index contributed by atoms with van der Waals surface area (Å²) in [6.45, 7) is 1.69. The van der Waals surface area contributed by atoms with Crippen LogP contribution in [0.25, 0.3) is 10.9 Å². The lowest BCUT2D eigenvalue weighted by molar-refractivity contribution is 0.0696. The zero-order valence-corrected chi connectivity index (χ0v) is 18.8. The molecule has 0 saturated carbocycles. The average Bonchev–Trinajstić information content (AvgIpc) is 2.83. The molecule has 1 saturated heterocycles. The number of aromatic amines is 1. The minimum Gasteiger partial charge on any atom is -0.493 e. The summed E-state index contributed by atoms with van der Waals surface area (Å²) in [5, 5.41) is 13.1. The third-order valence-electron chi connectivity index (χ3n) is 6.17. The van der Waals surface area contributed by atoms with Gasteiger partial charge < -0.3 is 29.6 Å². The average molecular weight is 453 g/mol. The molecule has 1 aliphatic heterocycles. The van der Waals surface area contributed by atoms with E-state index in [0.717, 1.165) is 31.5 Å². The first-order chi connectivity index (χ1) is 16.0. The van der Waals surface area contributed by atoms with E-state index in [4.69, 9.17) is 14.2 Å². The Hall–Kier alpha value is -3.59. The van der Waals surface area contributed by atoms with E-state index in [-0.39, 0.29) is 28.5 Å². The molecule has 1 aliphatic rings. The molecule has 1 atom stereocenters. The Bertz CT molecular complexity index is 1230. The molecule has 0 aliphatic carbocycles. The van der Waals surface area contributed by atoms with Gasteiger partial charge in [0.25, 0.3) is 5.56 Å². The summed E-state index contributed by atoms with van der Waals surface area (Å²) in [5.41, 5.74) is 1.05. The number of carboxylic acid groups (broad SMARTS) is 1. The summed E-state index contributed by atoms with van der Waals surface area (Å²) in [7, 11) is 4.45. The molecule has 0 bridgehead atoms. The van der Waals surface area contributed by atoms with Crippen LogP contribution in [0.15, 0.2) is 35.1 Å². The zero-order chi connectivity index (χ0) is 23.5. The number of hydrogen-bond acceptors (Lipinski definition) is 7. The highest BCUT2D eigenvalue weighted by Crippen LogP contribution is 2.42. The van der Waals surface area contributed by atoms with Gasteiger partial charge in [-0.25, -0.2) is 4.79 Å². The van der Waals surface area contributed by atoms with Crippen molar-refractivity contribution in [1.82, 2.24) is 15.3 Å². The highest BCUT2D eigenvalue weighted by Gasteiger charge is 2.30. The van der Waals surface area contributed by atoms with Crippen LogP contribution < -0.4 is 25.1 Å².